The Hall–Kier alpha value is -2.33. The van der Waals surface area contributed by atoms with Crippen LogP contribution in [-0.2, 0) is 18.8 Å². The molecule has 28 heavy (non-hydrogen) atoms. The average molecular weight is 419 g/mol. The Morgan fingerprint density at radius 3 is 2.07 bits per heavy atom. The van der Waals surface area contributed by atoms with Gasteiger partial charge in [0.05, 0.1) is 23.2 Å². The number of nitrogens with two attached hydrogens (primary N) is 1. The van der Waals surface area contributed by atoms with E-state index in [1.54, 1.807) is 0 Å². The summed E-state index contributed by atoms with van der Waals surface area (Å²) >= 11 is 5.07. The van der Waals surface area contributed by atoms with E-state index in [-0.39, 0.29) is 17.2 Å². The first-order valence-corrected chi connectivity index (χ1v) is 8.56. The molecule has 150 valence electrons. The fourth-order valence-electron chi connectivity index (χ4n) is 3.13. The molecule has 0 spiro atoms. The minimum absolute atomic E-state index is 0.0607. The van der Waals surface area contributed by atoms with Crippen LogP contribution in [0.15, 0.2) is 42.5 Å². The number of nitrogens with one attached hydrogen (secondary N) is 2. The van der Waals surface area contributed by atoms with E-state index in [9.17, 15) is 26.3 Å². The predicted molar refractivity (Wildman–Crippen MR) is 96.7 cm³/mol. The van der Waals surface area contributed by atoms with Crippen LogP contribution in [0.4, 0.5) is 32.0 Å². The van der Waals surface area contributed by atoms with Crippen LogP contribution < -0.4 is 16.4 Å². The van der Waals surface area contributed by atoms with Crippen molar-refractivity contribution in [3.05, 3.63) is 64.7 Å². The summed E-state index contributed by atoms with van der Waals surface area (Å²) < 4.78 is 77.7. The third kappa shape index (κ3) is 4.39. The summed E-state index contributed by atoms with van der Waals surface area (Å²) in [5, 5.41) is 5.17. The van der Waals surface area contributed by atoms with Crippen LogP contribution in [-0.4, -0.2) is 11.2 Å². The molecule has 0 radical (unpaired) electrons. The molecule has 10 heteroatoms. The third-order valence-corrected chi connectivity index (χ3v) is 4.67. The summed E-state index contributed by atoms with van der Waals surface area (Å²) in [6.45, 7) is 0. The molecule has 0 saturated heterocycles. The molecule has 1 aliphatic carbocycles. The van der Waals surface area contributed by atoms with E-state index in [0.717, 1.165) is 11.1 Å². The standard InChI is InChI=1S/C18H15F6N3S/c19-17(20,21)10-6-11(18(22,23)24)8-12(7-10)26-16(28)27-14-5-9-3-1-2-4-13(9)15(14)25/h1-4,6-8,14-15H,5,25H2,(H2,26,27,28)/t14-,15-/m1/s1. The minimum Gasteiger partial charge on any atom is -0.357 e. The van der Waals surface area contributed by atoms with E-state index in [1.165, 1.54) is 0 Å². The molecule has 0 fully saturated rings. The molecule has 0 aromatic heterocycles. The fraction of sp³-hybridized carbons (Fsp3) is 0.278. The molecule has 0 amide bonds. The van der Waals surface area contributed by atoms with E-state index >= 15 is 0 Å². The van der Waals surface area contributed by atoms with Gasteiger partial charge in [-0.2, -0.15) is 26.3 Å². The van der Waals surface area contributed by atoms with Gasteiger partial charge in [-0.3, -0.25) is 0 Å². The van der Waals surface area contributed by atoms with Crippen molar-refractivity contribution in [3.8, 4) is 0 Å². The normalized spacial score (nSPS) is 19.2. The van der Waals surface area contributed by atoms with Crippen LogP contribution in [0, 0.1) is 0 Å². The number of hydrogen-bond acceptors (Lipinski definition) is 2. The lowest BCUT2D eigenvalue weighted by atomic mass is 10.1. The highest BCUT2D eigenvalue weighted by atomic mass is 32.1. The summed E-state index contributed by atoms with van der Waals surface area (Å²) in [6.07, 6.45) is -9.32. The molecule has 0 aliphatic heterocycles. The van der Waals surface area contributed by atoms with Gasteiger partial charge in [-0.15, -0.1) is 0 Å². The summed E-state index contributed by atoms with van der Waals surface area (Å²) in [6, 6.07) is 7.93. The molecule has 3 rings (SSSR count). The van der Waals surface area contributed by atoms with Crippen LogP contribution in [0.3, 0.4) is 0 Å². The summed E-state index contributed by atoms with van der Waals surface area (Å²) in [4.78, 5) is 0. The number of halogens is 6. The number of alkyl halides is 6. The molecule has 2 aromatic rings. The molecular formula is C18H15F6N3S. The van der Waals surface area contributed by atoms with Crippen LogP contribution in [0.5, 0.6) is 0 Å². The molecule has 0 unspecified atom stereocenters. The Morgan fingerprint density at radius 2 is 1.54 bits per heavy atom. The SMILES string of the molecule is N[C@@H]1c2ccccc2C[C@H]1NC(=S)Nc1cc(C(F)(F)F)cc(C(F)(F)F)c1. The first-order chi connectivity index (χ1) is 12.9. The van der Waals surface area contributed by atoms with Gasteiger partial charge in [0.15, 0.2) is 5.11 Å². The zero-order valence-electron chi connectivity index (χ0n) is 14.2. The van der Waals surface area contributed by atoms with Crippen molar-refractivity contribution in [1.29, 1.82) is 0 Å². The number of fused-ring (bicyclic) bond motifs is 1. The van der Waals surface area contributed by atoms with Gasteiger partial charge in [-0.05, 0) is 48.0 Å². The molecule has 0 bridgehead atoms. The van der Waals surface area contributed by atoms with Crippen molar-refractivity contribution in [2.24, 2.45) is 5.73 Å². The number of anilines is 1. The largest absolute Gasteiger partial charge is 0.416 e. The van der Waals surface area contributed by atoms with Gasteiger partial charge in [-0.1, -0.05) is 24.3 Å². The van der Waals surface area contributed by atoms with Gasteiger partial charge < -0.3 is 16.4 Å². The third-order valence-electron chi connectivity index (χ3n) is 4.45. The van der Waals surface area contributed by atoms with Crippen molar-refractivity contribution < 1.29 is 26.3 Å². The van der Waals surface area contributed by atoms with Crippen molar-refractivity contribution in [2.45, 2.75) is 30.9 Å². The molecule has 4 N–H and O–H groups in total. The monoisotopic (exact) mass is 419 g/mol. The molecule has 1 aliphatic rings. The van der Waals surface area contributed by atoms with Gasteiger partial charge in [0, 0.05) is 5.69 Å². The minimum atomic E-state index is -4.93. The smallest absolute Gasteiger partial charge is 0.357 e. The Labute approximate surface area is 161 Å². The zero-order chi connectivity index (χ0) is 20.7. The number of rotatable bonds is 2. The summed E-state index contributed by atoms with van der Waals surface area (Å²) in [7, 11) is 0. The first-order valence-electron chi connectivity index (χ1n) is 8.15. The van der Waals surface area contributed by atoms with E-state index in [0.29, 0.717) is 18.6 Å². The van der Waals surface area contributed by atoms with Crippen molar-refractivity contribution in [3.63, 3.8) is 0 Å². The average Bonchev–Trinajstić information content (AvgIpc) is 2.89. The van der Waals surface area contributed by atoms with Crippen molar-refractivity contribution >= 4 is 23.0 Å². The topological polar surface area (TPSA) is 50.1 Å². The van der Waals surface area contributed by atoms with E-state index < -0.39 is 35.2 Å². The van der Waals surface area contributed by atoms with Gasteiger partial charge in [-0.25, -0.2) is 0 Å². The van der Waals surface area contributed by atoms with E-state index in [2.05, 4.69) is 10.6 Å². The summed E-state index contributed by atoms with van der Waals surface area (Å²) in [5.41, 5.74) is 4.82. The number of benzene rings is 2. The lowest BCUT2D eigenvalue weighted by molar-refractivity contribution is -0.143. The fourth-order valence-corrected chi connectivity index (χ4v) is 3.40. The van der Waals surface area contributed by atoms with Crippen LogP contribution in [0.2, 0.25) is 0 Å². The zero-order valence-corrected chi connectivity index (χ0v) is 15.0. The highest BCUT2D eigenvalue weighted by Crippen LogP contribution is 2.37. The van der Waals surface area contributed by atoms with Crippen LogP contribution in [0.25, 0.3) is 0 Å². The maximum Gasteiger partial charge on any atom is 0.416 e. The van der Waals surface area contributed by atoms with Gasteiger partial charge in [0.1, 0.15) is 0 Å². The maximum absolute atomic E-state index is 12.9. The Bertz CT molecular complexity index is 861. The van der Waals surface area contributed by atoms with E-state index in [4.69, 9.17) is 18.0 Å². The second-order valence-corrected chi connectivity index (χ2v) is 6.84. The lowest BCUT2D eigenvalue weighted by Crippen LogP contribution is -2.42. The lowest BCUT2D eigenvalue weighted by Gasteiger charge is -2.21. The van der Waals surface area contributed by atoms with Gasteiger partial charge >= 0.3 is 12.4 Å². The van der Waals surface area contributed by atoms with Crippen LogP contribution >= 0.6 is 12.2 Å². The molecular weight excluding hydrogens is 404 g/mol. The Balaban J connectivity index is 1.77. The second kappa shape index (κ2) is 7.25. The molecule has 2 atom stereocenters. The quantitative estimate of drug-likeness (QED) is 0.491. The Morgan fingerprint density at radius 1 is 0.964 bits per heavy atom. The van der Waals surface area contributed by atoms with Gasteiger partial charge in [0.2, 0.25) is 0 Å². The second-order valence-electron chi connectivity index (χ2n) is 6.43. The van der Waals surface area contributed by atoms with Gasteiger partial charge in [0.25, 0.3) is 0 Å². The molecule has 0 saturated carbocycles. The Kier molecular flexibility index (Phi) is 5.28. The molecule has 0 heterocycles. The maximum atomic E-state index is 12.9. The first kappa shape index (κ1) is 20.4. The number of thiocarbonyl (C=S) groups is 1. The summed E-state index contributed by atoms with van der Waals surface area (Å²) in [5.74, 6) is 0. The highest BCUT2D eigenvalue weighted by molar-refractivity contribution is 7.80. The van der Waals surface area contributed by atoms with Crippen molar-refractivity contribution in [1.82, 2.24) is 5.32 Å². The number of hydrogen-bond donors (Lipinski definition) is 3. The van der Waals surface area contributed by atoms with Crippen molar-refractivity contribution in [2.75, 3.05) is 5.32 Å². The highest BCUT2D eigenvalue weighted by Gasteiger charge is 2.37. The molecule has 3 nitrogen and oxygen atoms in total. The van der Waals surface area contributed by atoms with E-state index in [1.807, 2.05) is 24.3 Å². The molecule has 2 aromatic carbocycles. The van der Waals surface area contributed by atoms with Crippen LogP contribution in [0.1, 0.15) is 28.3 Å². The predicted octanol–water partition coefficient (Wildman–Crippen LogP) is 4.64.